The highest BCUT2D eigenvalue weighted by molar-refractivity contribution is 6.16. The van der Waals surface area contributed by atoms with Gasteiger partial charge in [-0.25, -0.2) is 0 Å². The monoisotopic (exact) mass is 468 g/mol. The fourth-order valence-electron chi connectivity index (χ4n) is 3.66. The first kappa shape index (κ1) is 25.3. The summed E-state index contributed by atoms with van der Waals surface area (Å²) in [7, 11) is 0. The van der Waals surface area contributed by atoms with E-state index in [4.69, 9.17) is 0 Å². The Morgan fingerprint density at radius 2 is 1.65 bits per heavy atom. The lowest BCUT2D eigenvalue weighted by molar-refractivity contribution is -0.0596. The van der Waals surface area contributed by atoms with Crippen LogP contribution < -0.4 is 10.6 Å². The molecule has 1 aliphatic rings. The standard InChI is InChI=1S/C27H31F3N4/c1-17(2)14-15-31-19(5)20-10-12-23(13-11-20)32-26(18(3)4)22-8-6-21(7-9-22)24-16-25(34-33-24)27(28,29)30/h6-13,18,26,31-32H,1,5,14-16H2,2-4H3. The van der Waals surface area contributed by atoms with Crippen LogP contribution in [-0.2, 0) is 0 Å². The minimum atomic E-state index is -4.44. The molecule has 0 radical (unpaired) electrons. The van der Waals surface area contributed by atoms with Crippen molar-refractivity contribution in [1.29, 1.82) is 0 Å². The van der Waals surface area contributed by atoms with E-state index in [2.05, 4.69) is 47.8 Å². The van der Waals surface area contributed by atoms with Crippen LogP contribution in [-0.4, -0.2) is 24.1 Å². The maximum atomic E-state index is 12.8. The van der Waals surface area contributed by atoms with Crippen LogP contribution in [0.3, 0.4) is 0 Å². The third kappa shape index (κ3) is 6.59. The van der Waals surface area contributed by atoms with Crippen LogP contribution in [0.15, 0.2) is 77.5 Å². The molecule has 0 bridgehead atoms. The zero-order valence-electron chi connectivity index (χ0n) is 19.8. The fourth-order valence-corrected chi connectivity index (χ4v) is 3.66. The molecule has 7 heteroatoms. The molecule has 4 nitrogen and oxygen atoms in total. The maximum Gasteiger partial charge on any atom is 0.431 e. The quantitative estimate of drug-likeness (QED) is 0.364. The van der Waals surface area contributed by atoms with Gasteiger partial charge in [-0.05, 0) is 48.1 Å². The van der Waals surface area contributed by atoms with E-state index in [0.29, 0.717) is 11.3 Å². The van der Waals surface area contributed by atoms with Crippen LogP contribution in [0.4, 0.5) is 18.9 Å². The van der Waals surface area contributed by atoms with Crippen LogP contribution in [0.25, 0.3) is 5.70 Å². The van der Waals surface area contributed by atoms with E-state index in [1.54, 1.807) is 0 Å². The molecule has 0 saturated heterocycles. The van der Waals surface area contributed by atoms with Crippen molar-refractivity contribution in [2.45, 2.75) is 45.8 Å². The summed E-state index contributed by atoms with van der Waals surface area (Å²) in [5.74, 6) is 0.285. The van der Waals surface area contributed by atoms with Crippen LogP contribution in [0, 0.1) is 5.92 Å². The van der Waals surface area contributed by atoms with Crippen molar-refractivity contribution in [1.82, 2.24) is 5.32 Å². The van der Waals surface area contributed by atoms with E-state index in [9.17, 15) is 13.2 Å². The van der Waals surface area contributed by atoms with Gasteiger partial charge in [-0.2, -0.15) is 18.3 Å². The minimum absolute atomic E-state index is 0.0318. The molecule has 1 atom stereocenters. The van der Waals surface area contributed by atoms with Crippen molar-refractivity contribution in [3.05, 3.63) is 84.0 Å². The number of alkyl halides is 3. The Bertz CT molecular complexity index is 1080. The molecule has 0 fully saturated rings. The minimum Gasteiger partial charge on any atom is -0.385 e. The van der Waals surface area contributed by atoms with E-state index < -0.39 is 11.9 Å². The molecule has 34 heavy (non-hydrogen) atoms. The lowest BCUT2D eigenvalue weighted by atomic mass is 9.93. The topological polar surface area (TPSA) is 48.8 Å². The van der Waals surface area contributed by atoms with Gasteiger partial charge in [0.05, 0.1) is 11.8 Å². The molecule has 2 aromatic carbocycles. The smallest absolute Gasteiger partial charge is 0.385 e. The SMILES string of the molecule is C=C(C)CCNC(=C)c1ccc(NC(c2ccc(C3=NN=C(C(F)(F)F)C3)cc2)C(C)C)cc1. The highest BCUT2D eigenvalue weighted by atomic mass is 19.4. The van der Waals surface area contributed by atoms with Crippen LogP contribution in [0.5, 0.6) is 0 Å². The Balaban J connectivity index is 1.64. The zero-order chi connectivity index (χ0) is 24.9. The normalized spacial score (nSPS) is 14.4. The highest BCUT2D eigenvalue weighted by Crippen LogP contribution is 2.29. The first-order chi connectivity index (χ1) is 16.0. The van der Waals surface area contributed by atoms with Crippen LogP contribution >= 0.6 is 0 Å². The summed E-state index contributed by atoms with van der Waals surface area (Å²) < 4.78 is 38.5. The van der Waals surface area contributed by atoms with E-state index in [1.165, 1.54) is 0 Å². The second-order valence-electron chi connectivity index (χ2n) is 8.95. The molecule has 1 heterocycles. The average molecular weight is 469 g/mol. The molecule has 2 N–H and O–H groups in total. The molecule has 180 valence electrons. The Labute approximate surface area is 199 Å². The highest BCUT2D eigenvalue weighted by Gasteiger charge is 2.38. The van der Waals surface area contributed by atoms with Crippen molar-refractivity contribution in [2.24, 2.45) is 16.1 Å². The van der Waals surface area contributed by atoms with Crippen molar-refractivity contribution in [3.8, 4) is 0 Å². The Kier molecular flexibility index (Phi) is 7.97. The van der Waals surface area contributed by atoms with Gasteiger partial charge < -0.3 is 10.6 Å². The van der Waals surface area contributed by atoms with Crippen molar-refractivity contribution in [3.63, 3.8) is 0 Å². The number of nitrogens with one attached hydrogen (secondary N) is 2. The van der Waals surface area contributed by atoms with Crippen LogP contribution in [0.1, 0.15) is 56.3 Å². The number of hydrogen-bond acceptors (Lipinski definition) is 4. The van der Waals surface area contributed by atoms with Gasteiger partial charge in [-0.15, -0.1) is 11.7 Å². The summed E-state index contributed by atoms with van der Waals surface area (Å²) in [5, 5.41) is 13.9. The lowest BCUT2D eigenvalue weighted by Crippen LogP contribution is -2.23. The van der Waals surface area contributed by atoms with E-state index >= 15 is 0 Å². The first-order valence-electron chi connectivity index (χ1n) is 11.3. The Morgan fingerprint density at radius 1 is 1.00 bits per heavy atom. The fraction of sp³-hybridized carbons (Fsp3) is 0.333. The summed E-state index contributed by atoms with van der Waals surface area (Å²) in [5.41, 5.74) is 5.17. The van der Waals surface area contributed by atoms with Gasteiger partial charge in [-0.1, -0.05) is 62.4 Å². The third-order valence-electron chi connectivity index (χ3n) is 5.67. The first-order valence-corrected chi connectivity index (χ1v) is 11.3. The Hall–Kier alpha value is -3.35. The van der Waals surface area contributed by atoms with Gasteiger partial charge in [0, 0.05) is 24.4 Å². The molecule has 0 saturated carbocycles. The second-order valence-corrected chi connectivity index (χ2v) is 8.95. The molecule has 3 rings (SSSR count). The van der Waals surface area contributed by atoms with E-state index in [0.717, 1.165) is 41.1 Å². The van der Waals surface area contributed by atoms with Gasteiger partial charge in [0.25, 0.3) is 0 Å². The van der Waals surface area contributed by atoms with Gasteiger partial charge in [-0.3, -0.25) is 0 Å². The number of nitrogens with zero attached hydrogens (tertiary/aromatic N) is 2. The summed E-state index contributed by atoms with van der Waals surface area (Å²) in [4.78, 5) is 0. The lowest BCUT2D eigenvalue weighted by Gasteiger charge is -2.24. The molecule has 2 aromatic rings. The summed E-state index contributed by atoms with van der Waals surface area (Å²) in [6.07, 6.45) is -3.84. The molecule has 0 amide bonds. The number of hydrogen-bond donors (Lipinski definition) is 2. The molecular formula is C27H31F3N4. The largest absolute Gasteiger partial charge is 0.431 e. The molecule has 1 unspecified atom stereocenters. The summed E-state index contributed by atoms with van der Waals surface area (Å²) >= 11 is 0. The second kappa shape index (κ2) is 10.7. The number of anilines is 1. The van der Waals surface area contributed by atoms with Crippen LogP contribution in [0.2, 0.25) is 0 Å². The van der Waals surface area contributed by atoms with Crippen molar-refractivity contribution < 1.29 is 13.2 Å². The molecule has 0 spiro atoms. The van der Waals surface area contributed by atoms with Gasteiger partial charge in [0.15, 0.2) is 0 Å². The third-order valence-corrected chi connectivity index (χ3v) is 5.67. The van der Waals surface area contributed by atoms with Gasteiger partial charge in [0.2, 0.25) is 0 Å². The Morgan fingerprint density at radius 3 is 2.18 bits per heavy atom. The van der Waals surface area contributed by atoms with Gasteiger partial charge >= 0.3 is 6.18 Å². The number of rotatable bonds is 10. The number of benzene rings is 2. The zero-order valence-corrected chi connectivity index (χ0v) is 19.8. The summed E-state index contributed by atoms with van der Waals surface area (Å²) in [6.45, 7) is 15.1. The average Bonchev–Trinajstić information content (AvgIpc) is 3.28. The molecule has 0 aromatic heterocycles. The van der Waals surface area contributed by atoms with Crippen molar-refractivity contribution in [2.75, 3.05) is 11.9 Å². The van der Waals surface area contributed by atoms with E-state index in [1.807, 2.05) is 55.5 Å². The molecule has 0 aliphatic carbocycles. The van der Waals surface area contributed by atoms with E-state index in [-0.39, 0.29) is 18.4 Å². The van der Waals surface area contributed by atoms with Crippen molar-refractivity contribution >= 4 is 22.8 Å². The van der Waals surface area contributed by atoms with Gasteiger partial charge in [0.1, 0.15) is 5.71 Å². The maximum absolute atomic E-state index is 12.8. The number of halogens is 3. The predicted molar refractivity (Wildman–Crippen MR) is 135 cm³/mol. The molecule has 1 aliphatic heterocycles. The predicted octanol–water partition coefficient (Wildman–Crippen LogP) is 7.13. The molecular weight excluding hydrogens is 437 g/mol. The summed E-state index contributed by atoms with van der Waals surface area (Å²) in [6, 6.07) is 15.6.